The van der Waals surface area contributed by atoms with Crippen molar-refractivity contribution in [2.24, 2.45) is 5.92 Å². The molecule has 114 valence electrons. The Morgan fingerprint density at radius 3 is 2.81 bits per heavy atom. The van der Waals surface area contributed by atoms with E-state index in [0.717, 1.165) is 22.6 Å². The Hall–Kier alpha value is -1.05. The second-order valence-corrected chi connectivity index (χ2v) is 7.43. The molecule has 2 unspecified atom stereocenters. The zero-order valence-electron chi connectivity index (χ0n) is 13.1. The number of nitrogens with one attached hydrogen (secondary N) is 1. The molecule has 1 aromatic carbocycles. The summed E-state index contributed by atoms with van der Waals surface area (Å²) in [5, 5.41) is 12.6. The van der Waals surface area contributed by atoms with Gasteiger partial charge in [0.25, 0.3) is 0 Å². The van der Waals surface area contributed by atoms with Crippen molar-refractivity contribution in [1.29, 1.82) is 5.26 Å². The van der Waals surface area contributed by atoms with E-state index in [-0.39, 0.29) is 5.54 Å². The third-order valence-electron chi connectivity index (χ3n) is 4.66. The number of halogens is 1. The molecule has 1 aliphatic carbocycles. The van der Waals surface area contributed by atoms with E-state index in [2.05, 4.69) is 53.2 Å². The fourth-order valence-corrected chi connectivity index (χ4v) is 3.87. The lowest BCUT2D eigenvalue weighted by Gasteiger charge is -2.45. The molecule has 2 rings (SSSR count). The van der Waals surface area contributed by atoms with E-state index in [9.17, 15) is 0 Å². The van der Waals surface area contributed by atoms with Gasteiger partial charge in [-0.3, -0.25) is 0 Å². The largest absolute Gasteiger partial charge is 0.383 e. The first kappa shape index (κ1) is 16.3. The van der Waals surface area contributed by atoms with Gasteiger partial charge in [0.2, 0.25) is 0 Å². The van der Waals surface area contributed by atoms with Crippen molar-refractivity contribution >= 4 is 21.6 Å². The first-order valence-corrected chi connectivity index (χ1v) is 8.36. The molecule has 0 aromatic heterocycles. The van der Waals surface area contributed by atoms with Crippen LogP contribution in [0.5, 0.6) is 0 Å². The van der Waals surface area contributed by atoms with E-state index < -0.39 is 0 Å². The van der Waals surface area contributed by atoms with Gasteiger partial charge >= 0.3 is 0 Å². The van der Waals surface area contributed by atoms with E-state index in [0.29, 0.717) is 5.56 Å². The number of nitrogens with zero attached hydrogens (tertiary/aromatic N) is 2. The van der Waals surface area contributed by atoms with Crippen LogP contribution in [0.25, 0.3) is 0 Å². The van der Waals surface area contributed by atoms with Crippen molar-refractivity contribution in [2.45, 2.75) is 38.1 Å². The summed E-state index contributed by atoms with van der Waals surface area (Å²) in [5.41, 5.74) is 1.91. The van der Waals surface area contributed by atoms with E-state index in [1.807, 2.05) is 18.2 Å². The molecular formula is C17H24BrN3. The summed E-state index contributed by atoms with van der Waals surface area (Å²) in [6.07, 6.45) is 5.09. The second-order valence-electron chi connectivity index (χ2n) is 6.51. The lowest BCUT2D eigenvalue weighted by Crippen LogP contribution is -2.52. The number of rotatable bonds is 4. The van der Waals surface area contributed by atoms with Gasteiger partial charge < -0.3 is 10.2 Å². The Labute approximate surface area is 136 Å². The molecule has 1 fully saturated rings. The summed E-state index contributed by atoms with van der Waals surface area (Å²) in [4.78, 5) is 2.37. The number of anilines is 1. The highest BCUT2D eigenvalue weighted by molar-refractivity contribution is 9.10. The van der Waals surface area contributed by atoms with Crippen LogP contribution >= 0.6 is 15.9 Å². The molecule has 1 saturated carbocycles. The fraction of sp³-hybridized carbons (Fsp3) is 0.588. The van der Waals surface area contributed by atoms with Crippen LogP contribution in [0, 0.1) is 17.2 Å². The van der Waals surface area contributed by atoms with Crippen molar-refractivity contribution in [1.82, 2.24) is 4.90 Å². The van der Waals surface area contributed by atoms with Crippen LogP contribution in [0.3, 0.4) is 0 Å². The van der Waals surface area contributed by atoms with Gasteiger partial charge in [-0.05, 0) is 51.1 Å². The standard InChI is InChI=1S/C17H24BrN3/c1-13-5-4-6-17(10-13,21(2)3)12-20-16-8-14(11-19)7-15(18)9-16/h7-9,13,20H,4-6,10,12H2,1-3H3. The maximum absolute atomic E-state index is 9.07. The fourth-order valence-electron chi connectivity index (χ4n) is 3.38. The molecule has 1 N–H and O–H groups in total. The summed E-state index contributed by atoms with van der Waals surface area (Å²) in [5.74, 6) is 0.778. The van der Waals surface area contributed by atoms with E-state index in [1.54, 1.807) is 0 Å². The maximum Gasteiger partial charge on any atom is 0.0992 e. The average molecular weight is 350 g/mol. The van der Waals surface area contributed by atoms with E-state index in [1.165, 1.54) is 25.7 Å². The normalized spacial score (nSPS) is 25.6. The molecule has 0 saturated heterocycles. The third-order valence-corrected chi connectivity index (χ3v) is 5.12. The summed E-state index contributed by atoms with van der Waals surface area (Å²) in [7, 11) is 4.36. The highest BCUT2D eigenvalue weighted by Crippen LogP contribution is 2.36. The van der Waals surface area contributed by atoms with Gasteiger partial charge in [-0.25, -0.2) is 0 Å². The smallest absolute Gasteiger partial charge is 0.0992 e. The van der Waals surface area contributed by atoms with Crippen LogP contribution in [0.4, 0.5) is 5.69 Å². The Balaban J connectivity index is 2.12. The first-order chi connectivity index (χ1) is 9.95. The van der Waals surface area contributed by atoms with Gasteiger partial charge in [0, 0.05) is 22.2 Å². The highest BCUT2D eigenvalue weighted by atomic mass is 79.9. The molecule has 4 heteroatoms. The molecular weight excluding hydrogens is 326 g/mol. The van der Waals surface area contributed by atoms with Crippen molar-refractivity contribution in [3.05, 3.63) is 28.2 Å². The number of hydrogen-bond acceptors (Lipinski definition) is 3. The molecule has 1 aromatic rings. The number of likely N-dealkylation sites (N-methyl/N-ethyl adjacent to an activating group) is 1. The number of nitriles is 1. The minimum absolute atomic E-state index is 0.215. The zero-order valence-corrected chi connectivity index (χ0v) is 14.7. The summed E-state index contributed by atoms with van der Waals surface area (Å²) < 4.78 is 0.944. The second kappa shape index (κ2) is 6.81. The lowest BCUT2D eigenvalue weighted by atomic mass is 9.75. The molecule has 0 aliphatic heterocycles. The predicted molar refractivity (Wildman–Crippen MR) is 91.4 cm³/mol. The maximum atomic E-state index is 9.07. The monoisotopic (exact) mass is 349 g/mol. The van der Waals surface area contributed by atoms with Gasteiger partial charge in [-0.2, -0.15) is 5.26 Å². The molecule has 2 atom stereocenters. The molecule has 0 radical (unpaired) electrons. The Morgan fingerprint density at radius 1 is 1.43 bits per heavy atom. The molecule has 0 amide bonds. The van der Waals surface area contributed by atoms with Crippen LogP contribution in [0.2, 0.25) is 0 Å². The van der Waals surface area contributed by atoms with Crippen LogP contribution in [-0.2, 0) is 0 Å². The lowest BCUT2D eigenvalue weighted by molar-refractivity contribution is 0.0882. The minimum atomic E-state index is 0.215. The van der Waals surface area contributed by atoms with Crippen molar-refractivity contribution in [3.63, 3.8) is 0 Å². The average Bonchev–Trinajstić information content (AvgIpc) is 2.44. The molecule has 0 heterocycles. The predicted octanol–water partition coefficient (Wildman–Crippen LogP) is 4.24. The molecule has 1 aliphatic rings. The highest BCUT2D eigenvalue weighted by Gasteiger charge is 2.36. The van der Waals surface area contributed by atoms with E-state index in [4.69, 9.17) is 5.26 Å². The molecule has 3 nitrogen and oxygen atoms in total. The third kappa shape index (κ3) is 3.99. The Kier molecular flexibility index (Phi) is 5.29. The first-order valence-electron chi connectivity index (χ1n) is 7.57. The summed E-state index contributed by atoms with van der Waals surface area (Å²) >= 11 is 3.47. The zero-order chi connectivity index (χ0) is 15.5. The topological polar surface area (TPSA) is 39.1 Å². The SMILES string of the molecule is CC1CCCC(CNc2cc(Br)cc(C#N)c2)(N(C)C)C1. The van der Waals surface area contributed by atoms with Gasteiger partial charge in [-0.15, -0.1) is 0 Å². The number of benzene rings is 1. The quantitative estimate of drug-likeness (QED) is 0.883. The van der Waals surface area contributed by atoms with Gasteiger partial charge in [0.15, 0.2) is 0 Å². The van der Waals surface area contributed by atoms with Crippen molar-refractivity contribution in [3.8, 4) is 6.07 Å². The van der Waals surface area contributed by atoms with Gasteiger partial charge in [-0.1, -0.05) is 35.7 Å². The minimum Gasteiger partial charge on any atom is -0.383 e. The van der Waals surface area contributed by atoms with Crippen molar-refractivity contribution < 1.29 is 0 Å². The molecule has 0 bridgehead atoms. The van der Waals surface area contributed by atoms with Crippen LogP contribution in [-0.4, -0.2) is 31.1 Å². The van der Waals surface area contributed by atoms with Gasteiger partial charge in [0.05, 0.1) is 11.6 Å². The molecule has 0 spiro atoms. The van der Waals surface area contributed by atoms with Crippen LogP contribution in [0.1, 0.15) is 38.2 Å². The van der Waals surface area contributed by atoms with E-state index >= 15 is 0 Å². The van der Waals surface area contributed by atoms with Gasteiger partial charge in [0.1, 0.15) is 0 Å². The Bertz CT molecular complexity index is 535. The number of hydrogen-bond donors (Lipinski definition) is 1. The van der Waals surface area contributed by atoms with Crippen molar-refractivity contribution in [2.75, 3.05) is 26.0 Å². The van der Waals surface area contributed by atoms with Crippen LogP contribution in [0.15, 0.2) is 22.7 Å². The summed E-state index contributed by atoms with van der Waals surface area (Å²) in [6, 6.07) is 8.00. The van der Waals surface area contributed by atoms with Crippen LogP contribution < -0.4 is 5.32 Å². The molecule has 21 heavy (non-hydrogen) atoms. The Morgan fingerprint density at radius 2 is 2.19 bits per heavy atom. The summed E-state index contributed by atoms with van der Waals surface area (Å²) in [6.45, 7) is 3.27.